The van der Waals surface area contributed by atoms with E-state index in [1.807, 2.05) is 6.92 Å². The molecule has 72 valence electrons. The Morgan fingerprint density at radius 2 is 2.38 bits per heavy atom. The molecule has 0 bridgehead atoms. The molecule has 1 amide bonds. The van der Waals surface area contributed by atoms with Crippen LogP contribution in [-0.2, 0) is 4.79 Å². The first kappa shape index (κ1) is 10.1. The minimum Gasteiger partial charge on any atom is -0.328 e. The second kappa shape index (κ2) is 4.29. The number of carbonyl (C=O) groups excluding carboxylic acids is 1. The summed E-state index contributed by atoms with van der Waals surface area (Å²) in [6.07, 6.45) is 8.25. The van der Waals surface area contributed by atoms with E-state index >= 15 is 0 Å². The van der Waals surface area contributed by atoms with Gasteiger partial charge in [-0.2, -0.15) is 0 Å². The van der Waals surface area contributed by atoms with Gasteiger partial charge < -0.3 is 10.6 Å². The Bertz CT molecular complexity index is 232. The van der Waals surface area contributed by atoms with Crippen molar-refractivity contribution < 1.29 is 4.79 Å². The summed E-state index contributed by atoms with van der Waals surface area (Å²) in [7, 11) is 0. The van der Waals surface area contributed by atoms with Crippen LogP contribution in [0.1, 0.15) is 26.2 Å². The van der Waals surface area contributed by atoms with E-state index in [0.717, 1.165) is 19.3 Å². The number of terminal acetylenes is 1. The lowest BCUT2D eigenvalue weighted by Crippen LogP contribution is -2.51. The number of likely N-dealkylation sites (tertiary alicyclic amines) is 1. The molecule has 1 aliphatic heterocycles. The normalized spacial score (nSPS) is 28.2. The number of piperidine rings is 1. The van der Waals surface area contributed by atoms with Crippen molar-refractivity contribution in [1.82, 2.24) is 4.90 Å². The summed E-state index contributed by atoms with van der Waals surface area (Å²) in [4.78, 5) is 13.1. The van der Waals surface area contributed by atoms with Gasteiger partial charge in [-0.15, -0.1) is 6.42 Å². The minimum atomic E-state index is -0.220. The van der Waals surface area contributed by atoms with E-state index < -0.39 is 0 Å². The molecule has 2 N–H and O–H groups in total. The maximum atomic E-state index is 11.4. The van der Waals surface area contributed by atoms with Gasteiger partial charge >= 0.3 is 0 Å². The SMILES string of the molecule is C#CC(=O)N1C(C)CCCC1CN. The standard InChI is InChI=1S/C10H16N2O/c1-3-10(13)12-8(2)5-4-6-9(12)7-11/h1,8-9H,4-7,11H2,2H3. The number of hydrogen-bond donors (Lipinski definition) is 1. The lowest BCUT2D eigenvalue weighted by Gasteiger charge is -2.38. The van der Waals surface area contributed by atoms with Crippen molar-refractivity contribution in [3.05, 3.63) is 0 Å². The summed E-state index contributed by atoms with van der Waals surface area (Å²) in [5.41, 5.74) is 5.59. The Hall–Kier alpha value is -1.01. The van der Waals surface area contributed by atoms with Crippen LogP contribution in [0.25, 0.3) is 0 Å². The molecular formula is C10H16N2O. The molecule has 3 nitrogen and oxygen atoms in total. The molecule has 0 radical (unpaired) electrons. The Balaban J connectivity index is 2.74. The van der Waals surface area contributed by atoms with Crippen molar-refractivity contribution in [2.75, 3.05) is 6.54 Å². The van der Waals surface area contributed by atoms with Gasteiger partial charge in [0.2, 0.25) is 0 Å². The second-order valence-electron chi connectivity index (χ2n) is 3.53. The maximum absolute atomic E-state index is 11.4. The molecule has 0 aromatic carbocycles. The number of amides is 1. The van der Waals surface area contributed by atoms with Gasteiger partial charge in [0.1, 0.15) is 0 Å². The van der Waals surface area contributed by atoms with Crippen LogP contribution in [0.3, 0.4) is 0 Å². The van der Waals surface area contributed by atoms with Gasteiger partial charge in [-0.3, -0.25) is 4.79 Å². The zero-order valence-electron chi connectivity index (χ0n) is 7.99. The quantitative estimate of drug-likeness (QED) is 0.592. The maximum Gasteiger partial charge on any atom is 0.298 e. The Kier molecular flexibility index (Phi) is 3.32. The Labute approximate surface area is 79.3 Å². The molecule has 0 aromatic heterocycles. The largest absolute Gasteiger partial charge is 0.328 e. The van der Waals surface area contributed by atoms with Crippen LogP contribution in [0.2, 0.25) is 0 Å². The predicted molar refractivity (Wildman–Crippen MR) is 51.8 cm³/mol. The molecule has 1 saturated heterocycles. The number of hydrogen-bond acceptors (Lipinski definition) is 2. The van der Waals surface area contributed by atoms with Crippen LogP contribution in [-0.4, -0.2) is 29.4 Å². The molecule has 1 heterocycles. The highest BCUT2D eigenvalue weighted by atomic mass is 16.2. The minimum absolute atomic E-state index is 0.146. The molecule has 0 aromatic rings. The molecule has 1 aliphatic rings. The summed E-state index contributed by atoms with van der Waals surface area (Å²) < 4.78 is 0. The first-order valence-electron chi connectivity index (χ1n) is 4.69. The molecule has 13 heavy (non-hydrogen) atoms. The molecule has 1 rings (SSSR count). The van der Waals surface area contributed by atoms with Crippen molar-refractivity contribution >= 4 is 5.91 Å². The smallest absolute Gasteiger partial charge is 0.298 e. The monoisotopic (exact) mass is 180 g/mol. The van der Waals surface area contributed by atoms with Crippen LogP contribution in [0, 0.1) is 12.3 Å². The van der Waals surface area contributed by atoms with Gasteiger partial charge in [-0.05, 0) is 32.1 Å². The van der Waals surface area contributed by atoms with Gasteiger partial charge in [0.05, 0.1) is 0 Å². The number of nitrogens with two attached hydrogens (primary N) is 1. The third-order valence-electron chi connectivity index (χ3n) is 2.66. The topological polar surface area (TPSA) is 46.3 Å². The van der Waals surface area contributed by atoms with Crippen molar-refractivity contribution in [2.45, 2.75) is 38.3 Å². The molecule has 2 unspecified atom stereocenters. The van der Waals surface area contributed by atoms with Gasteiger partial charge in [0.15, 0.2) is 0 Å². The van der Waals surface area contributed by atoms with Gasteiger partial charge in [-0.1, -0.05) is 0 Å². The van der Waals surface area contributed by atoms with Crippen LogP contribution >= 0.6 is 0 Å². The van der Waals surface area contributed by atoms with Crippen LogP contribution in [0.5, 0.6) is 0 Å². The first-order chi connectivity index (χ1) is 6.20. The summed E-state index contributed by atoms with van der Waals surface area (Å²) in [6.45, 7) is 2.54. The first-order valence-corrected chi connectivity index (χ1v) is 4.69. The number of nitrogens with zero attached hydrogens (tertiary/aromatic N) is 1. The highest BCUT2D eigenvalue weighted by Gasteiger charge is 2.29. The third kappa shape index (κ3) is 2.02. The van der Waals surface area contributed by atoms with E-state index in [4.69, 9.17) is 12.2 Å². The predicted octanol–water partition coefficient (Wildman–Crippen LogP) is 0.348. The molecule has 2 atom stereocenters. The Morgan fingerprint density at radius 1 is 1.69 bits per heavy atom. The van der Waals surface area contributed by atoms with Gasteiger partial charge in [0, 0.05) is 18.6 Å². The molecule has 0 spiro atoms. The molecule has 0 saturated carbocycles. The summed E-state index contributed by atoms with van der Waals surface area (Å²) in [5, 5.41) is 0. The second-order valence-corrected chi connectivity index (χ2v) is 3.53. The zero-order valence-corrected chi connectivity index (χ0v) is 7.99. The molecule has 3 heteroatoms. The van der Waals surface area contributed by atoms with Crippen molar-refractivity contribution in [1.29, 1.82) is 0 Å². The molecule has 0 aliphatic carbocycles. The van der Waals surface area contributed by atoms with Crippen molar-refractivity contribution in [2.24, 2.45) is 5.73 Å². The summed E-state index contributed by atoms with van der Waals surface area (Å²) in [5.74, 6) is 1.94. The highest BCUT2D eigenvalue weighted by Crippen LogP contribution is 2.21. The van der Waals surface area contributed by atoms with Crippen LogP contribution in [0.4, 0.5) is 0 Å². The van der Waals surface area contributed by atoms with E-state index in [0.29, 0.717) is 6.54 Å². The van der Waals surface area contributed by atoms with E-state index in [-0.39, 0.29) is 18.0 Å². The van der Waals surface area contributed by atoms with E-state index in [1.165, 1.54) is 0 Å². The fourth-order valence-corrected chi connectivity index (χ4v) is 1.96. The highest BCUT2D eigenvalue weighted by molar-refractivity contribution is 5.93. The van der Waals surface area contributed by atoms with E-state index in [2.05, 4.69) is 5.92 Å². The van der Waals surface area contributed by atoms with Crippen LogP contribution in [0.15, 0.2) is 0 Å². The van der Waals surface area contributed by atoms with Gasteiger partial charge in [-0.25, -0.2) is 0 Å². The lowest BCUT2D eigenvalue weighted by atomic mass is 9.96. The average Bonchev–Trinajstić information content (AvgIpc) is 2.16. The number of carbonyl (C=O) groups is 1. The van der Waals surface area contributed by atoms with Crippen molar-refractivity contribution in [3.63, 3.8) is 0 Å². The third-order valence-corrected chi connectivity index (χ3v) is 2.66. The fourth-order valence-electron chi connectivity index (χ4n) is 1.96. The summed E-state index contributed by atoms with van der Waals surface area (Å²) >= 11 is 0. The summed E-state index contributed by atoms with van der Waals surface area (Å²) in [6, 6.07) is 0.387. The molecular weight excluding hydrogens is 164 g/mol. The average molecular weight is 180 g/mol. The van der Waals surface area contributed by atoms with Crippen molar-refractivity contribution in [3.8, 4) is 12.3 Å². The van der Waals surface area contributed by atoms with E-state index in [1.54, 1.807) is 4.90 Å². The van der Waals surface area contributed by atoms with Crippen LogP contribution < -0.4 is 5.73 Å². The van der Waals surface area contributed by atoms with E-state index in [9.17, 15) is 4.79 Å². The Morgan fingerprint density at radius 3 is 2.92 bits per heavy atom. The fraction of sp³-hybridized carbons (Fsp3) is 0.700. The van der Waals surface area contributed by atoms with Gasteiger partial charge in [0.25, 0.3) is 5.91 Å². The molecule has 1 fully saturated rings. The zero-order chi connectivity index (χ0) is 9.84. The number of rotatable bonds is 1. The lowest BCUT2D eigenvalue weighted by molar-refractivity contribution is -0.131.